The standard InChI is InChI=1S/C14H17N2.C2H6.C2H5/c1-10-4-3-5-13(11(10)2)9-15-16-7-6-12-8-14(12)16;2*1-2/h3-7,12,14-15H,2,8-9H2,1H3;1-2H3;1H2,2H3. The van der Waals surface area contributed by atoms with E-state index in [-0.39, 0.29) is 0 Å². The summed E-state index contributed by atoms with van der Waals surface area (Å²) in [6.07, 6.45) is 5.77. The van der Waals surface area contributed by atoms with E-state index < -0.39 is 0 Å². The van der Waals surface area contributed by atoms with Crippen molar-refractivity contribution < 1.29 is 0 Å². The number of rotatable bonds is 3. The van der Waals surface area contributed by atoms with Crippen LogP contribution in [-0.4, -0.2) is 11.1 Å². The highest BCUT2D eigenvalue weighted by Crippen LogP contribution is 2.40. The van der Waals surface area contributed by atoms with Gasteiger partial charge in [-0.15, -0.1) is 0 Å². The van der Waals surface area contributed by atoms with Gasteiger partial charge in [0.25, 0.3) is 0 Å². The van der Waals surface area contributed by atoms with Gasteiger partial charge in [-0.3, -0.25) is 0 Å². The van der Waals surface area contributed by atoms with Crippen LogP contribution >= 0.6 is 0 Å². The van der Waals surface area contributed by atoms with E-state index in [9.17, 15) is 0 Å². The Bertz CT molecular complexity index is 437. The third kappa shape index (κ3) is 3.86. The van der Waals surface area contributed by atoms with Crippen LogP contribution in [-0.2, 0) is 6.54 Å². The number of hydrazine groups is 1. The molecule has 2 atom stereocenters. The molecule has 1 aliphatic heterocycles. The lowest BCUT2D eigenvalue weighted by Crippen LogP contribution is -2.33. The molecule has 0 spiro atoms. The Balaban J connectivity index is 0.000000461. The summed E-state index contributed by atoms with van der Waals surface area (Å²) in [6.45, 7) is 16.1. The van der Waals surface area contributed by atoms with Gasteiger partial charge in [0, 0.05) is 18.7 Å². The Kier molecular flexibility index (Phi) is 6.80. The second kappa shape index (κ2) is 8.11. The molecular formula is C18H28N2. The Labute approximate surface area is 124 Å². The van der Waals surface area contributed by atoms with Gasteiger partial charge in [0.15, 0.2) is 0 Å². The summed E-state index contributed by atoms with van der Waals surface area (Å²) >= 11 is 0. The minimum absolute atomic E-state index is 0.720. The molecule has 2 unspecified atom stereocenters. The summed E-state index contributed by atoms with van der Waals surface area (Å²) in [5.74, 6) is 0.809. The van der Waals surface area contributed by atoms with E-state index >= 15 is 0 Å². The highest BCUT2D eigenvalue weighted by atomic mass is 15.5. The first kappa shape index (κ1) is 16.8. The highest BCUT2D eigenvalue weighted by molar-refractivity contribution is 5.36. The van der Waals surface area contributed by atoms with Gasteiger partial charge in [0.2, 0.25) is 0 Å². The number of hydrogen-bond acceptors (Lipinski definition) is 2. The van der Waals surface area contributed by atoms with Crippen molar-refractivity contribution in [3.05, 3.63) is 61.0 Å². The van der Waals surface area contributed by atoms with Crippen molar-refractivity contribution in [2.75, 3.05) is 0 Å². The van der Waals surface area contributed by atoms with Crippen molar-refractivity contribution in [1.82, 2.24) is 10.4 Å². The van der Waals surface area contributed by atoms with Gasteiger partial charge in [-0.1, -0.05) is 52.0 Å². The Morgan fingerprint density at radius 3 is 2.55 bits per heavy atom. The van der Waals surface area contributed by atoms with Crippen LogP contribution in [0.2, 0.25) is 0 Å². The Morgan fingerprint density at radius 2 is 2.00 bits per heavy atom. The van der Waals surface area contributed by atoms with Crippen LogP contribution in [0.3, 0.4) is 0 Å². The molecule has 1 aromatic rings. The largest absolute Gasteiger partial charge is 0.312 e. The van der Waals surface area contributed by atoms with E-state index in [2.05, 4.69) is 61.7 Å². The van der Waals surface area contributed by atoms with E-state index in [1.807, 2.05) is 13.8 Å². The van der Waals surface area contributed by atoms with E-state index in [0.29, 0.717) is 0 Å². The van der Waals surface area contributed by atoms with E-state index in [1.54, 1.807) is 6.92 Å². The number of nitrogens with one attached hydrogen (secondary N) is 1. The highest BCUT2D eigenvalue weighted by Gasteiger charge is 2.42. The molecule has 0 aromatic heterocycles. The smallest absolute Gasteiger partial charge is 0.0518 e. The van der Waals surface area contributed by atoms with Crippen LogP contribution in [0.15, 0.2) is 30.5 Å². The first-order valence-electron chi connectivity index (χ1n) is 7.57. The molecule has 2 heteroatoms. The topological polar surface area (TPSA) is 15.3 Å². The fraction of sp³-hybridized carbons (Fsp3) is 0.444. The van der Waals surface area contributed by atoms with Crippen molar-refractivity contribution in [1.29, 1.82) is 0 Å². The average Bonchev–Trinajstić information content (AvgIpc) is 3.18. The second-order valence-electron chi connectivity index (χ2n) is 4.76. The van der Waals surface area contributed by atoms with Crippen LogP contribution in [0.5, 0.6) is 0 Å². The van der Waals surface area contributed by atoms with Crippen molar-refractivity contribution >= 4 is 0 Å². The van der Waals surface area contributed by atoms with Gasteiger partial charge in [-0.25, -0.2) is 5.43 Å². The minimum atomic E-state index is 0.720. The molecule has 1 aromatic carbocycles. The van der Waals surface area contributed by atoms with Gasteiger partial charge >= 0.3 is 0 Å². The van der Waals surface area contributed by atoms with Crippen LogP contribution < -0.4 is 5.43 Å². The maximum Gasteiger partial charge on any atom is 0.0518 e. The predicted octanol–water partition coefficient (Wildman–Crippen LogP) is 4.27. The molecule has 2 aliphatic rings. The first-order valence-corrected chi connectivity index (χ1v) is 7.57. The molecule has 1 aliphatic carbocycles. The lowest BCUT2D eigenvalue weighted by Gasteiger charge is -2.20. The average molecular weight is 272 g/mol. The third-order valence-electron chi connectivity index (χ3n) is 3.62. The monoisotopic (exact) mass is 272 g/mol. The maximum atomic E-state index is 4.12. The molecule has 110 valence electrons. The summed E-state index contributed by atoms with van der Waals surface area (Å²) in [5.41, 5.74) is 7.18. The molecule has 0 amide bonds. The SMILES string of the molecule is CC.[CH2]C.[CH2]c1c(C)cccc1CNN1C=CC2CC21. The zero-order valence-corrected chi connectivity index (χ0v) is 13.3. The van der Waals surface area contributed by atoms with E-state index in [0.717, 1.165) is 24.1 Å². The summed E-state index contributed by atoms with van der Waals surface area (Å²) in [5, 5.41) is 2.24. The van der Waals surface area contributed by atoms with Crippen LogP contribution in [0.25, 0.3) is 0 Å². The van der Waals surface area contributed by atoms with Crippen molar-refractivity contribution in [3.8, 4) is 0 Å². The van der Waals surface area contributed by atoms with Gasteiger partial charge in [-0.2, -0.15) is 0 Å². The third-order valence-corrected chi connectivity index (χ3v) is 3.62. The molecule has 0 bridgehead atoms. The van der Waals surface area contributed by atoms with Gasteiger partial charge < -0.3 is 5.01 Å². The summed E-state index contributed by atoms with van der Waals surface area (Å²) < 4.78 is 0. The van der Waals surface area contributed by atoms with Gasteiger partial charge in [0.05, 0.1) is 6.04 Å². The number of fused-ring (bicyclic) bond motifs is 1. The first-order chi connectivity index (χ1) is 9.75. The quantitative estimate of drug-likeness (QED) is 0.884. The van der Waals surface area contributed by atoms with Crippen LogP contribution in [0.4, 0.5) is 0 Å². The molecule has 0 saturated heterocycles. The maximum absolute atomic E-state index is 4.12. The van der Waals surface area contributed by atoms with Crippen LogP contribution in [0, 0.1) is 26.7 Å². The lowest BCUT2D eigenvalue weighted by molar-refractivity contribution is 0.262. The number of benzene rings is 1. The molecule has 1 heterocycles. The van der Waals surface area contributed by atoms with Gasteiger partial charge in [0.1, 0.15) is 0 Å². The number of aryl methyl sites for hydroxylation is 1. The lowest BCUT2D eigenvalue weighted by atomic mass is 10.0. The molecular weight excluding hydrogens is 244 g/mol. The molecule has 1 N–H and O–H groups in total. The summed E-state index contributed by atoms with van der Waals surface area (Å²) in [6, 6.07) is 7.07. The molecule has 1 fully saturated rings. The zero-order valence-electron chi connectivity index (χ0n) is 13.3. The molecule has 2 nitrogen and oxygen atoms in total. The van der Waals surface area contributed by atoms with E-state index in [1.165, 1.54) is 17.5 Å². The molecule has 2 radical (unpaired) electrons. The van der Waals surface area contributed by atoms with Crippen LogP contribution in [0.1, 0.15) is 43.9 Å². The number of hydrogen-bond donors (Lipinski definition) is 1. The van der Waals surface area contributed by atoms with Crippen molar-refractivity contribution in [3.63, 3.8) is 0 Å². The number of nitrogens with zero attached hydrogens (tertiary/aromatic N) is 1. The fourth-order valence-corrected chi connectivity index (χ4v) is 2.32. The van der Waals surface area contributed by atoms with E-state index in [4.69, 9.17) is 0 Å². The molecule has 3 rings (SSSR count). The van der Waals surface area contributed by atoms with Crippen molar-refractivity contribution in [2.45, 2.75) is 46.7 Å². The Morgan fingerprint density at radius 1 is 1.30 bits per heavy atom. The zero-order chi connectivity index (χ0) is 15.1. The summed E-state index contributed by atoms with van der Waals surface area (Å²) in [7, 11) is 0. The second-order valence-corrected chi connectivity index (χ2v) is 4.76. The molecule has 1 saturated carbocycles. The molecule has 20 heavy (non-hydrogen) atoms. The van der Waals surface area contributed by atoms with Gasteiger partial charge in [-0.05, 0) is 37.0 Å². The van der Waals surface area contributed by atoms with Crippen molar-refractivity contribution in [2.24, 2.45) is 5.92 Å². The minimum Gasteiger partial charge on any atom is -0.312 e. The summed E-state index contributed by atoms with van der Waals surface area (Å²) in [4.78, 5) is 0. The Hall–Kier alpha value is -1.28. The fourth-order valence-electron chi connectivity index (χ4n) is 2.32. The predicted molar refractivity (Wildman–Crippen MR) is 87.7 cm³/mol. The normalized spacial score (nSPS) is 21.4.